The van der Waals surface area contributed by atoms with Crippen molar-refractivity contribution in [3.05, 3.63) is 24.1 Å². The molecule has 1 aromatic carbocycles. The fraction of sp³-hybridized carbons (Fsp3) is 0.467. The predicted molar refractivity (Wildman–Crippen MR) is 77.8 cm³/mol. The van der Waals surface area contributed by atoms with Gasteiger partial charge in [-0.2, -0.15) is 0 Å². The highest BCUT2D eigenvalue weighted by Gasteiger charge is 2.36. The number of aromatic nitrogens is 1. The first-order valence-electron chi connectivity index (χ1n) is 7.07. The number of aryl methyl sites for hydroxylation is 1. The van der Waals surface area contributed by atoms with E-state index in [1.807, 2.05) is 18.2 Å². The zero-order chi connectivity index (χ0) is 14.2. The van der Waals surface area contributed by atoms with Crippen molar-refractivity contribution in [1.82, 2.24) is 10.3 Å². The van der Waals surface area contributed by atoms with E-state index >= 15 is 0 Å². The fourth-order valence-corrected chi connectivity index (χ4v) is 2.69. The zero-order valence-electron chi connectivity index (χ0n) is 11.8. The molecule has 106 valence electrons. The fourth-order valence-electron chi connectivity index (χ4n) is 2.69. The average molecular weight is 273 g/mol. The summed E-state index contributed by atoms with van der Waals surface area (Å²) in [6.45, 7) is 3.92. The molecular weight excluding hydrogens is 254 g/mol. The maximum Gasteiger partial charge on any atom is 0.319 e. The predicted octanol–water partition coefficient (Wildman–Crippen LogP) is 3.59. The summed E-state index contributed by atoms with van der Waals surface area (Å²) in [5.41, 5.74) is 2.22. The van der Waals surface area contributed by atoms with Crippen molar-refractivity contribution in [1.29, 1.82) is 0 Å². The Hall–Kier alpha value is -2.04. The Bertz CT molecular complexity index is 638. The Balaban J connectivity index is 1.70. The number of rotatable bonds is 3. The summed E-state index contributed by atoms with van der Waals surface area (Å²) in [4.78, 5) is 16.3. The largest absolute Gasteiger partial charge is 0.441 e. The summed E-state index contributed by atoms with van der Waals surface area (Å²) < 4.78 is 5.41. The molecule has 2 aromatic rings. The van der Waals surface area contributed by atoms with Crippen LogP contribution in [-0.2, 0) is 0 Å². The molecule has 5 nitrogen and oxygen atoms in total. The number of hydrogen-bond donors (Lipinski definition) is 2. The molecule has 0 unspecified atom stereocenters. The highest BCUT2D eigenvalue weighted by molar-refractivity contribution is 5.92. The van der Waals surface area contributed by atoms with Crippen LogP contribution >= 0.6 is 0 Å². The van der Waals surface area contributed by atoms with E-state index in [-0.39, 0.29) is 11.6 Å². The number of nitrogens with zero attached hydrogens (tertiary/aromatic N) is 1. The van der Waals surface area contributed by atoms with Crippen LogP contribution in [0.25, 0.3) is 11.1 Å². The van der Waals surface area contributed by atoms with E-state index in [0.29, 0.717) is 5.89 Å². The molecule has 2 amide bonds. The molecule has 0 bridgehead atoms. The van der Waals surface area contributed by atoms with Crippen molar-refractivity contribution in [2.75, 3.05) is 5.32 Å². The summed E-state index contributed by atoms with van der Waals surface area (Å²) in [6.07, 6.45) is 4.30. The van der Waals surface area contributed by atoms with Gasteiger partial charge in [-0.25, -0.2) is 9.78 Å². The van der Waals surface area contributed by atoms with Gasteiger partial charge >= 0.3 is 6.03 Å². The lowest BCUT2D eigenvalue weighted by Crippen LogP contribution is -2.54. The minimum atomic E-state index is -0.147. The van der Waals surface area contributed by atoms with Gasteiger partial charge in [-0.3, -0.25) is 0 Å². The van der Waals surface area contributed by atoms with Crippen molar-refractivity contribution in [3.63, 3.8) is 0 Å². The topological polar surface area (TPSA) is 67.2 Å². The van der Waals surface area contributed by atoms with E-state index in [9.17, 15) is 4.79 Å². The monoisotopic (exact) mass is 273 g/mol. The van der Waals surface area contributed by atoms with Crippen molar-refractivity contribution in [3.8, 4) is 0 Å². The number of nitrogens with one attached hydrogen (secondary N) is 2. The second-order valence-corrected chi connectivity index (χ2v) is 5.48. The Morgan fingerprint density at radius 1 is 1.45 bits per heavy atom. The quantitative estimate of drug-likeness (QED) is 0.898. The van der Waals surface area contributed by atoms with Crippen LogP contribution in [0.15, 0.2) is 22.6 Å². The Morgan fingerprint density at radius 3 is 2.90 bits per heavy atom. The molecule has 0 spiro atoms. The molecule has 5 heteroatoms. The molecule has 1 aliphatic rings. The summed E-state index contributed by atoms with van der Waals surface area (Å²) in [6, 6.07) is 5.33. The second-order valence-electron chi connectivity index (χ2n) is 5.48. The summed E-state index contributed by atoms with van der Waals surface area (Å²) in [5, 5.41) is 5.96. The van der Waals surface area contributed by atoms with Crippen LogP contribution in [-0.4, -0.2) is 16.6 Å². The average Bonchev–Trinajstić information content (AvgIpc) is 2.73. The Kier molecular flexibility index (Phi) is 3.12. The van der Waals surface area contributed by atoms with Gasteiger partial charge in [0.25, 0.3) is 0 Å². The Morgan fingerprint density at radius 2 is 2.25 bits per heavy atom. The van der Waals surface area contributed by atoms with Gasteiger partial charge in [-0.15, -0.1) is 0 Å². The van der Waals surface area contributed by atoms with E-state index in [0.717, 1.165) is 36.0 Å². The van der Waals surface area contributed by atoms with Gasteiger partial charge in [0.2, 0.25) is 0 Å². The van der Waals surface area contributed by atoms with Gasteiger partial charge in [0, 0.05) is 18.2 Å². The van der Waals surface area contributed by atoms with E-state index in [1.165, 1.54) is 6.42 Å². The maximum absolute atomic E-state index is 12.1. The van der Waals surface area contributed by atoms with Crippen LogP contribution in [0, 0.1) is 6.92 Å². The van der Waals surface area contributed by atoms with E-state index in [1.54, 1.807) is 6.92 Å². The van der Waals surface area contributed by atoms with Crippen LogP contribution in [0.1, 0.15) is 38.5 Å². The first-order chi connectivity index (χ1) is 9.60. The molecule has 20 heavy (non-hydrogen) atoms. The van der Waals surface area contributed by atoms with Gasteiger partial charge in [-0.1, -0.05) is 6.92 Å². The molecule has 1 saturated carbocycles. The number of oxazole rings is 1. The molecule has 1 fully saturated rings. The van der Waals surface area contributed by atoms with Crippen molar-refractivity contribution in [2.45, 2.75) is 45.1 Å². The molecule has 3 rings (SSSR count). The molecule has 0 aliphatic heterocycles. The van der Waals surface area contributed by atoms with Gasteiger partial charge in [-0.05, 0) is 43.9 Å². The first-order valence-corrected chi connectivity index (χ1v) is 7.07. The molecule has 0 radical (unpaired) electrons. The van der Waals surface area contributed by atoms with Crippen LogP contribution < -0.4 is 10.6 Å². The van der Waals surface area contributed by atoms with Crippen LogP contribution in [0.3, 0.4) is 0 Å². The number of urea groups is 1. The minimum absolute atomic E-state index is 0.00133. The third-order valence-corrected chi connectivity index (χ3v) is 4.12. The third-order valence-electron chi connectivity index (χ3n) is 4.12. The molecule has 1 heterocycles. The Labute approximate surface area is 117 Å². The number of fused-ring (bicyclic) bond motifs is 1. The number of carbonyl (C=O) groups is 1. The molecule has 1 aromatic heterocycles. The number of carbonyl (C=O) groups excluding carboxylic acids is 1. The van der Waals surface area contributed by atoms with Crippen LogP contribution in [0.2, 0.25) is 0 Å². The SMILES string of the molecule is CCC1(NC(=O)Nc2ccc3oc(C)nc3c2)CCC1. The van der Waals surface area contributed by atoms with Crippen molar-refractivity contribution < 1.29 is 9.21 Å². The third kappa shape index (κ3) is 2.35. The number of benzene rings is 1. The number of anilines is 1. The molecule has 2 N–H and O–H groups in total. The lowest BCUT2D eigenvalue weighted by Gasteiger charge is -2.41. The maximum atomic E-state index is 12.1. The van der Waals surface area contributed by atoms with Crippen LogP contribution in [0.5, 0.6) is 0 Å². The highest BCUT2D eigenvalue weighted by Crippen LogP contribution is 2.34. The normalized spacial score (nSPS) is 16.7. The summed E-state index contributed by atoms with van der Waals surface area (Å²) in [7, 11) is 0. The smallest absolute Gasteiger partial charge is 0.319 e. The minimum Gasteiger partial charge on any atom is -0.441 e. The second kappa shape index (κ2) is 4.81. The van der Waals surface area contributed by atoms with Crippen molar-refractivity contribution in [2.24, 2.45) is 0 Å². The standard InChI is InChI=1S/C15H19N3O2/c1-3-15(7-4-8-15)18-14(19)17-11-5-6-13-12(9-11)16-10(2)20-13/h5-6,9H,3-4,7-8H2,1-2H3,(H2,17,18,19). The van der Waals surface area contributed by atoms with Gasteiger partial charge in [0.1, 0.15) is 5.52 Å². The van der Waals surface area contributed by atoms with E-state index in [4.69, 9.17) is 4.42 Å². The lowest BCUT2D eigenvalue weighted by molar-refractivity contribution is 0.179. The van der Waals surface area contributed by atoms with Crippen molar-refractivity contribution >= 4 is 22.8 Å². The van der Waals surface area contributed by atoms with Gasteiger partial charge < -0.3 is 15.1 Å². The highest BCUT2D eigenvalue weighted by atomic mass is 16.3. The van der Waals surface area contributed by atoms with E-state index < -0.39 is 0 Å². The summed E-state index contributed by atoms with van der Waals surface area (Å²) in [5.74, 6) is 0.626. The zero-order valence-corrected chi connectivity index (χ0v) is 11.8. The number of hydrogen-bond acceptors (Lipinski definition) is 3. The molecule has 1 aliphatic carbocycles. The molecule has 0 atom stereocenters. The molecule has 0 saturated heterocycles. The molecular formula is C15H19N3O2. The van der Waals surface area contributed by atoms with Gasteiger partial charge in [0.05, 0.1) is 0 Å². The van der Waals surface area contributed by atoms with Crippen LogP contribution in [0.4, 0.5) is 10.5 Å². The first kappa shape index (κ1) is 13.0. The lowest BCUT2D eigenvalue weighted by atomic mass is 9.75. The van der Waals surface area contributed by atoms with Gasteiger partial charge in [0.15, 0.2) is 11.5 Å². The number of amides is 2. The summed E-state index contributed by atoms with van der Waals surface area (Å²) >= 11 is 0. The van der Waals surface area contributed by atoms with E-state index in [2.05, 4.69) is 22.5 Å².